The van der Waals surface area contributed by atoms with E-state index in [1.807, 2.05) is 45.0 Å². The van der Waals surface area contributed by atoms with E-state index in [1.165, 1.54) is 0 Å². The van der Waals surface area contributed by atoms with Crippen molar-refractivity contribution in [3.05, 3.63) is 29.8 Å². The van der Waals surface area contributed by atoms with Gasteiger partial charge in [0.1, 0.15) is 0 Å². The Morgan fingerprint density at radius 1 is 1.36 bits per heavy atom. The van der Waals surface area contributed by atoms with Crippen LogP contribution in [0.1, 0.15) is 52.0 Å². The molecule has 1 fully saturated rings. The molecule has 1 saturated carbocycles. The summed E-state index contributed by atoms with van der Waals surface area (Å²) >= 11 is 0. The van der Waals surface area contributed by atoms with Gasteiger partial charge in [-0.15, -0.1) is 0 Å². The maximum atomic E-state index is 12.5. The number of hydrogen-bond acceptors (Lipinski definition) is 3. The molecule has 0 aliphatic heterocycles. The Morgan fingerprint density at radius 2 is 2.05 bits per heavy atom. The molecular formula is C18H28N2O2. The molecule has 1 aliphatic rings. The van der Waals surface area contributed by atoms with Gasteiger partial charge in [-0.25, -0.2) is 0 Å². The van der Waals surface area contributed by atoms with Gasteiger partial charge >= 0.3 is 0 Å². The minimum atomic E-state index is -0.395. The minimum absolute atomic E-state index is 0.0379. The van der Waals surface area contributed by atoms with Gasteiger partial charge in [0, 0.05) is 11.2 Å². The fourth-order valence-electron chi connectivity index (χ4n) is 2.97. The Hall–Kier alpha value is -1.39. The van der Waals surface area contributed by atoms with Gasteiger partial charge in [0.05, 0.1) is 18.6 Å². The molecule has 0 heterocycles. The maximum absolute atomic E-state index is 12.5. The topological polar surface area (TPSA) is 64.3 Å². The van der Waals surface area contributed by atoms with Crippen LogP contribution in [0.15, 0.2) is 24.3 Å². The van der Waals surface area contributed by atoms with Crippen molar-refractivity contribution in [3.8, 4) is 0 Å². The molecule has 0 bridgehead atoms. The van der Waals surface area contributed by atoms with Crippen molar-refractivity contribution in [2.45, 2.75) is 64.7 Å². The zero-order chi connectivity index (χ0) is 16.2. The molecule has 1 aromatic rings. The molecular weight excluding hydrogens is 276 g/mol. The van der Waals surface area contributed by atoms with E-state index in [0.717, 1.165) is 36.9 Å². The van der Waals surface area contributed by atoms with Crippen LogP contribution >= 0.6 is 0 Å². The molecule has 4 nitrogen and oxygen atoms in total. The van der Waals surface area contributed by atoms with Crippen LogP contribution in [-0.4, -0.2) is 17.6 Å². The van der Waals surface area contributed by atoms with Crippen molar-refractivity contribution in [1.29, 1.82) is 0 Å². The van der Waals surface area contributed by atoms with E-state index < -0.39 is 5.54 Å². The first-order chi connectivity index (χ1) is 10.4. The van der Waals surface area contributed by atoms with E-state index >= 15 is 0 Å². The van der Waals surface area contributed by atoms with E-state index in [-0.39, 0.29) is 17.9 Å². The lowest BCUT2D eigenvalue weighted by Crippen LogP contribution is -2.51. The summed E-state index contributed by atoms with van der Waals surface area (Å²) in [6.45, 7) is 6.61. The summed E-state index contributed by atoms with van der Waals surface area (Å²) in [7, 11) is 0. The van der Waals surface area contributed by atoms with Crippen LogP contribution < -0.4 is 11.1 Å². The number of anilines is 1. The van der Waals surface area contributed by atoms with Gasteiger partial charge in [0.2, 0.25) is 5.91 Å². The van der Waals surface area contributed by atoms with Gasteiger partial charge < -0.3 is 15.8 Å². The summed E-state index contributed by atoms with van der Waals surface area (Å²) in [4.78, 5) is 12.5. The van der Waals surface area contributed by atoms with E-state index in [0.29, 0.717) is 6.61 Å². The Labute approximate surface area is 133 Å². The van der Waals surface area contributed by atoms with Crippen molar-refractivity contribution >= 4 is 11.6 Å². The Bertz CT molecular complexity index is 494. The first-order valence-electron chi connectivity index (χ1n) is 8.19. The molecule has 0 aromatic heterocycles. The quantitative estimate of drug-likeness (QED) is 0.875. The molecule has 0 spiro atoms. The number of nitrogens with two attached hydrogens (primary N) is 1. The fourth-order valence-corrected chi connectivity index (χ4v) is 2.97. The van der Waals surface area contributed by atoms with Crippen LogP contribution in [0.25, 0.3) is 0 Å². The highest BCUT2D eigenvalue weighted by atomic mass is 16.5. The SMILES string of the molecule is CC(C)OCc1ccc(NC(=O)C2CCCCC2(C)N)cc1. The second-order valence-electron chi connectivity index (χ2n) is 6.85. The van der Waals surface area contributed by atoms with Crippen LogP contribution in [0, 0.1) is 5.92 Å². The second kappa shape index (κ2) is 7.25. The van der Waals surface area contributed by atoms with Gasteiger partial charge in [-0.1, -0.05) is 25.0 Å². The van der Waals surface area contributed by atoms with E-state index in [9.17, 15) is 4.79 Å². The van der Waals surface area contributed by atoms with Crippen LogP contribution in [0.5, 0.6) is 0 Å². The third kappa shape index (κ3) is 4.55. The van der Waals surface area contributed by atoms with Gasteiger partial charge in [-0.2, -0.15) is 0 Å². The molecule has 0 saturated heterocycles. The minimum Gasteiger partial charge on any atom is -0.374 e. The van der Waals surface area contributed by atoms with E-state index in [2.05, 4.69) is 5.32 Å². The number of carbonyl (C=O) groups is 1. The number of benzene rings is 1. The van der Waals surface area contributed by atoms with Crippen molar-refractivity contribution in [2.75, 3.05) is 5.32 Å². The average Bonchev–Trinajstić information content (AvgIpc) is 2.46. The molecule has 2 rings (SSSR count). The first kappa shape index (κ1) is 17.0. The average molecular weight is 304 g/mol. The van der Waals surface area contributed by atoms with Gasteiger partial charge in [0.15, 0.2) is 0 Å². The lowest BCUT2D eigenvalue weighted by Gasteiger charge is -2.37. The molecule has 3 N–H and O–H groups in total. The zero-order valence-electron chi connectivity index (χ0n) is 13.9. The third-order valence-electron chi connectivity index (χ3n) is 4.38. The van der Waals surface area contributed by atoms with Crippen LogP contribution in [0.2, 0.25) is 0 Å². The van der Waals surface area contributed by atoms with Gasteiger partial charge in [0.25, 0.3) is 0 Å². The number of amides is 1. The smallest absolute Gasteiger partial charge is 0.229 e. The number of rotatable bonds is 5. The van der Waals surface area contributed by atoms with Crippen molar-refractivity contribution in [2.24, 2.45) is 11.7 Å². The Kier molecular flexibility index (Phi) is 5.59. The molecule has 2 atom stereocenters. The third-order valence-corrected chi connectivity index (χ3v) is 4.38. The van der Waals surface area contributed by atoms with Crippen LogP contribution in [-0.2, 0) is 16.1 Å². The zero-order valence-corrected chi connectivity index (χ0v) is 13.9. The monoisotopic (exact) mass is 304 g/mol. The van der Waals surface area contributed by atoms with Crippen molar-refractivity contribution < 1.29 is 9.53 Å². The maximum Gasteiger partial charge on any atom is 0.229 e. The molecule has 22 heavy (non-hydrogen) atoms. The fraction of sp³-hybridized carbons (Fsp3) is 0.611. The normalized spacial score (nSPS) is 25.2. The predicted molar refractivity (Wildman–Crippen MR) is 89.5 cm³/mol. The van der Waals surface area contributed by atoms with Crippen LogP contribution in [0.4, 0.5) is 5.69 Å². The number of nitrogens with one attached hydrogen (secondary N) is 1. The highest BCUT2D eigenvalue weighted by Crippen LogP contribution is 2.32. The number of carbonyl (C=O) groups excluding carboxylic acids is 1. The summed E-state index contributed by atoms with van der Waals surface area (Å²) in [6.07, 6.45) is 4.20. The molecule has 1 amide bonds. The number of ether oxygens (including phenoxy) is 1. The van der Waals surface area contributed by atoms with Crippen molar-refractivity contribution in [3.63, 3.8) is 0 Å². The summed E-state index contributed by atoms with van der Waals surface area (Å²) < 4.78 is 5.57. The summed E-state index contributed by atoms with van der Waals surface area (Å²) in [5, 5.41) is 3.00. The number of hydrogen-bond donors (Lipinski definition) is 2. The first-order valence-corrected chi connectivity index (χ1v) is 8.19. The highest BCUT2D eigenvalue weighted by molar-refractivity contribution is 5.93. The molecule has 1 aromatic carbocycles. The largest absolute Gasteiger partial charge is 0.374 e. The molecule has 4 heteroatoms. The summed E-state index contributed by atoms with van der Waals surface area (Å²) in [6, 6.07) is 7.82. The predicted octanol–water partition coefficient (Wildman–Crippen LogP) is 3.46. The second-order valence-corrected chi connectivity index (χ2v) is 6.85. The van der Waals surface area contributed by atoms with Crippen LogP contribution in [0.3, 0.4) is 0 Å². The standard InChI is InChI=1S/C18H28N2O2/c1-13(2)22-12-14-7-9-15(10-8-14)20-17(21)16-6-4-5-11-18(16,3)19/h7-10,13,16H,4-6,11-12,19H2,1-3H3,(H,20,21). The molecule has 2 unspecified atom stereocenters. The summed E-state index contributed by atoms with van der Waals surface area (Å²) in [5.74, 6) is -0.0684. The molecule has 1 aliphatic carbocycles. The van der Waals surface area contributed by atoms with E-state index in [1.54, 1.807) is 0 Å². The van der Waals surface area contributed by atoms with Gasteiger partial charge in [-0.3, -0.25) is 4.79 Å². The lowest BCUT2D eigenvalue weighted by atomic mass is 9.74. The molecule has 0 radical (unpaired) electrons. The van der Waals surface area contributed by atoms with Crippen molar-refractivity contribution in [1.82, 2.24) is 0 Å². The Balaban J connectivity index is 1.94. The van der Waals surface area contributed by atoms with Gasteiger partial charge in [-0.05, 0) is 51.3 Å². The lowest BCUT2D eigenvalue weighted by molar-refractivity contribution is -0.122. The molecule has 122 valence electrons. The highest BCUT2D eigenvalue weighted by Gasteiger charge is 2.37. The van der Waals surface area contributed by atoms with E-state index in [4.69, 9.17) is 10.5 Å². The Morgan fingerprint density at radius 3 is 2.64 bits per heavy atom. The summed E-state index contributed by atoms with van der Waals surface area (Å²) in [5.41, 5.74) is 7.82.